The molecule has 128 valence electrons. The molecule has 1 aliphatic rings. The van der Waals surface area contributed by atoms with Gasteiger partial charge >= 0.3 is 6.03 Å². The molecule has 0 radical (unpaired) electrons. The van der Waals surface area contributed by atoms with Gasteiger partial charge < -0.3 is 15.3 Å². The van der Waals surface area contributed by atoms with Crippen LogP contribution in [-0.4, -0.2) is 45.5 Å². The van der Waals surface area contributed by atoms with E-state index in [9.17, 15) is 9.90 Å². The summed E-state index contributed by atoms with van der Waals surface area (Å²) >= 11 is 0. The predicted octanol–water partition coefficient (Wildman–Crippen LogP) is 2.09. The van der Waals surface area contributed by atoms with Crippen molar-refractivity contribution in [3.05, 3.63) is 47.8 Å². The normalized spacial score (nSPS) is 15.1. The first-order valence-electron chi connectivity index (χ1n) is 8.32. The van der Waals surface area contributed by atoms with Gasteiger partial charge in [0.15, 0.2) is 0 Å². The van der Waals surface area contributed by atoms with Crippen molar-refractivity contribution in [2.24, 2.45) is 5.92 Å². The Morgan fingerprint density at radius 2 is 2.17 bits per heavy atom. The van der Waals surface area contributed by atoms with Crippen LogP contribution < -0.4 is 5.32 Å². The average molecular weight is 328 g/mol. The van der Waals surface area contributed by atoms with E-state index in [0.29, 0.717) is 19.0 Å². The highest BCUT2D eigenvalue weighted by atomic mass is 16.3. The van der Waals surface area contributed by atoms with Crippen LogP contribution in [0.2, 0.25) is 0 Å². The molecule has 0 bridgehead atoms. The molecule has 0 aliphatic heterocycles. The number of aryl methyl sites for hydroxylation is 1. The number of amides is 2. The SMILES string of the molecule is Cc1ccn(-c2ccccc2CNC(=O)N(C)CC(O)C2CC2)n1. The highest BCUT2D eigenvalue weighted by molar-refractivity contribution is 5.74. The zero-order valence-corrected chi connectivity index (χ0v) is 14.1. The lowest BCUT2D eigenvalue weighted by molar-refractivity contribution is 0.113. The number of aliphatic hydroxyl groups excluding tert-OH is 1. The third-order valence-corrected chi connectivity index (χ3v) is 4.36. The molecular formula is C18H24N4O2. The summed E-state index contributed by atoms with van der Waals surface area (Å²) in [5.41, 5.74) is 2.89. The van der Waals surface area contributed by atoms with Crippen molar-refractivity contribution in [1.82, 2.24) is 20.0 Å². The molecule has 3 rings (SSSR count). The van der Waals surface area contributed by atoms with E-state index in [1.165, 1.54) is 0 Å². The number of benzene rings is 1. The maximum atomic E-state index is 12.2. The van der Waals surface area contributed by atoms with Crippen molar-refractivity contribution in [2.75, 3.05) is 13.6 Å². The second-order valence-corrected chi connectivity index (χ2v) is 6.47. The summed E-state index contributed by atoms with van der Waals surface area (Å²) in [7, 11) is 1.71. The largest absolute Gasteiger partial charge is 0.391 e. The Morgan fingerprint density at radius 1 is 1.42 bits per heavy atom. The van der Waals surface area contributed by atoms with Gasteiger partial charge in [-0.25, -0.2) is 9.48 Å². The average Bonchev–Trinajstić information content (AvgIpc) is 3.34. The van der Waals surface area contributed by atoms with E-state index in [1.54, 1.807) is 11.9 Å². The molecule has 1 aromatic heterocycles. The Bertz CT molecular complexity index is 709. The van der Waals surface area contributed by atoms with Crippen LogP contribution in [0.15, 0.2) is 36.5 Å². The minimum atomic E-state index is -0.417. The van der Waals surface area contributed by atoms with Crippen molar-refractivity contribution < 1.29 is 9.90 Å². The number of aliphatic hydroxyl groups is 1. The highest BCUT2D eigenvalue weighted by Crippen LogP contribution is 2.32. The molecule has 1 saturated carbocycles. The molecule has 1 fully saturated rings. The quantitative estimate of drug-likeness (QED) is 0.853. The second kappa shape index (κ2) is 7.05. The number of carbonyl (C=O) groups excluding carboxylic acids is 1. The molecule has 1 aliphatic carbocycles. The number of para-hydroxylation sites is 1. The third-order valence-electron chi connectivity index (χ3n) is 4.36. The van der Waals surface area contributed by atoms with Gasteiger partial charge in [-0.3, -0.25) is 0 Å². The van der Waals surface area contributed by atoms with E-state index >= 15 is 0 Å². The van der Waals surface area contributed by atoms with Gasteiger partial charge in [-0.1, -0.05) is 18.2 Å². The van der Waals surface area contributed by atoms with Crippen molar-refractivity contribution in [2.45, 2.75) is 32.4 Å². The van der Waals surface area contributed by atoms with Crippen molar-refractivity contribution in [3.8, 4) is 5.69 Å². The fraction of sp³-hybridized carbons (Fsp3) is 0.444. The van der Waals surface area contributed by atoms with E-state index in [2.05, 4.69) is 10.4 Å². The first kappa shape index (κ1) is 16.5. The van der Waals surface area contributed by atoms with Crippen LogP contribution in [-0.2, 0) is 6.54 Å². The summed E-state index contributed by atoms with van der Waals surface area (Å²) in [5, 5.41) is 17.3. The zero-order valence-electron chi connectivity index (χ0n) is 14.1. The van der Waals surface area contributed by atoms with E-state index in [1.807, 2.05) is 48.1 Å². The second-order valence-electron chi connectivity index (χ2n) is 6.47. The number of aromatic nitrogens is 2. The van der Waals surface area contributed by atoms with Gasteiger partial charge in [-0.05, 0) is 43.4 Å². The monoisotopic (exact) mass is 328 g/mol. The summed E-state index contributed by atoms with van der Waals surface area (Å²) in [6, 6.07) is 9.63. The molecular weight excluding hydrogens is 304 g/mol. The molecule has 24 heavy (non-hydrogen) atoms. The summed E-state index contributed by atoms with van der Waals surface area (Å²) in [5.74, 6) is 0.365. The number of rotatable bonds is 6. The van der Waals surface area contributed by atoms with Gasteiger partial charge in [0, 0.05) is 26.3 Å². The molecule has 1 unspecified atom stereocenters. The maximum Gasteiger partial charge on any atom is 0.317 e. The van der Waals surface area contributed by atoms with Crippen LogP contribution in [0.3, 0.4) is 0 Å². The molecule has 1 atom stereocenters. The first-order valence-corrected chi connectivity index (χ1v) is 8.32. The smallest absolute Gasteiger partial charge is 0.317 e. The zero-order chi connectivity index (χ0) is 17.1. The third kappa shape index (κ3) is 3.94. The standard InChI is InChI=1S/C18H24N4O2/c1-13-9-10-22(20-13)16-6-4-3-5-15(16)11-19-18(24)21(2)12-17(23)14-7-8-14/h3-6,9-10,14,17,23H,7-8,11-12H2,1-2H3,(H,19,24). The van der Waals surface area contributed by atoms with Crippen molar-refractivity contribution in [3.63, 3.8) is 0 Å². The lowest BCUT2D eigenvalue weighted by Gasteiger charge is -2.21. The molecule has 2 aromatic rings. The Balaban J connectivity index is 1.61. The summed E-state index contributed by atoms with van der Waals surface area (Å²) in [6.07, 6.45) is 3.62. The lowest BCUT2D eigenvalue weighted by atomic mass is 10.2. The predicted molar refractivity (Wildman–Crippen MR) is 91.9 cm³/mol. The molecule has 1 aromatic carbocycles. The van der Waals surface area contributed by atoms with Gasteiger partial charge in [0.2, 0.25) is 0 Å². The number of hydrogen-bond donors (Lipinski definition) is 2. The lowest BCUT2D eigenvalue weighted by Crippen LogP contribution is -2.41. The number of nitrogens with one attached hydrogen (secondary N) is 1. The van der Waals surface area contributed by atoms with E-state index in [0.717, 1.165) is 29.8 Å². The van der Waals surface area contributed by atoms with Gasteiger partial charge in [0.25, 0.3) is 0 Å². The molecule has 2 N–H and O–H groups in total. The Kier molecular flexibility index (Phi) is 4.85. The Hall–Kier alpha value is -2.34. The summed E-state index contributed by atoms with van der Waals surface area (Å²) in [6.45, 7) is 2.73. The van der Waals surface area contributed by atoms with Gasteiger partial charge in [0.1, 0.15) is 0 Å². The minimum Gasteiger partial charge on any atom is -0.391 e. The van der Waals surface area contributed by atoms with Crippen molar-refractivity contribution >= 4 is 6.03 Å². The number of hydrogen-bond acceptors (Lipinski definition) is 3. The van der Waals surface area contributed by atoms with Crippen LogP contribution in [0.25, 0.3) is 5.69 Å². The number of likely N-dealkylation sites (N-methyl/N-ethyl adjacent to an activating group) is 1. The number of nitrogens with zero attached hydrogens (tertiary/aromatic N) is 3. The number of carbonyl (C=O) groups is 1. The van der Waals surface area contributed by atoms with Crippen LogP contribution in [0.5, 0.6) is 0 Å². The summed E-state index contributed by atoms with van der Waals surface area (Å²) < 4.78 is 1.82. The Morgan fingerprint density at radius 3 is 2.83 bits per heavy atom. The fourth-order valence-corrected chi connectivity index (χ4v) is 2.73. The Labute approximate surface area is 142 Å². The van der Waals surface area contributed by atoms with Gasteiger partial charge in [-0.2, -0.15) is 5.10 Å². The maximum absolute atomic E-state index is 12.2. The van der Waals surface area contributed by atoms with Gasteiger partial charge in [0.05, 0.1) is 17.5 Å². The van der Waals surface area contributed by atoms with Crippen LogP contribution >= 0.6 is 0 Å². The molecule has 1 heterocycles. The minimum absolute atomic E-state index is 0.179. The molecule has 6 nitrogen and oxygen atoms in total. The van der Waals surface area contributed by atoms with Crippen LogP contribution in [0, 0.1) is 12.8 Å². The van der Waals surface area contributed by atoms with Crippen LogP contribution in [0.1, 0.15) is 24.1 Å². The van der Waals surface area contributed by atoms with Crippen molar-refractivity contribution in [1.29, 1.82) is 0 Å². The molecule has 2 amide bonds. The van der Waals surface area contributed by atoms with E-state index in [4.69, 9.17) is 0 Å². The molecule has 0 spiro atoms. The van der Waals surface area contributed by atoms with Crippen LogP contribution in [0.4, 0.5) is 4.79 Å². The number of urea groups is 1. The highest BCUT2D eigenvalue weighted by Gasteiger charge is 2.31. The first-order chi connectivity index (χ1) is 11.5. The van der Waals surface area contributed by atoms with E-state index in [-0.39, 0.29) is 6.03 Å². The van der Waals surface area contributed by atoms with Gasteiger partial charge in [-0.15, -0.1) is 0 Å². The molecule has 6 heteroatoms. The molecule has 0 saturated heterocycles. The summed E-state index contributed by atoms with van der Waals surface area (Å²) in [4.78, 5) is 13.8. The topological polar surface area (TPSA) is 70.4 Å². The fourth-order valence-electron chi connectivity index (χ4n) is 2.73. The van der Waals surface area contributed by atoms with E-state index < -0.39 is 6.10 Å².